The van der Waals surface area contributed by atoms with E-state index in [1.54, 1.807) is 24.4 Å². The molecular formula is C14H11NO5. The number of nitrogens with zero attached hydrogens (tertiary/aromatic N) is 1. The summed E-state index contributed by atoms with van der Waals surface area (Å²) in [6, 6.07) is 6.78. The molecule has 0 spiro atoms. The molecule has 20 heavy (non-hydrogen) atoms. The van der Waals surface area contributed by atoms with Crippen molar-refractivity contribution in [2.45, 2.75) is 12.8 Å². The first-order valence-corrected chi connectivity index (χ1v) is 5.83. The SMILES string of the molecule is O=C(O)C(=O)CC(=O)c1ccoc1Cc1ccccn1. The van der Waals surface area contributed by atoms with Crippen molar-refractivity contribution in [3.8, 4) is 0 Å². The quantitative estimate of drug-likeness (QED) is 0.486. The topological polar surface area (TPSA) is 97.5 Å². The number of aliphatic carboxylic acids is 1. The van der Waals surface area contributed by atoms with Crippen LogP contribution in [0.1, 0.15) is 28.2 Å². The molecule has 0 amide bonds. The minimum Gasteiger partial charge on any atom is -0.475 e. The normalized spacial score (nSPS) is 10.2. The van der Waals surface area contributed by atoms with Crippen LogP contribution < -0.4 is 0 Å². The first-order valence-electron chi connectivity index (χ1n) is 5.83. The second-order valence-electron chi connectivity index (χ2n) is 4.08. The van der Waals surface area contributed by atoms with Gasteiger partial charge >= 0.3 is 5.97 Å². The number of Topliss-reactive ketones (excluding diaryl/α,β-unsaturated/α-hetero) is 2. The van der Waals surface area contributed by atoms with E-state index in [9.17, 15) is 14.4 Å². The number of furan rings is 1. The highest BCUT2D eigenvalue weighted by Crippen LogP contribution is 2.16. The van der Waals surface area contributed by atoms with Gasteiger partial charge in [-0.25, -0.2) is 4.79 Å². The van der Waals surface area contributed by atoms with E-state index in [1.165, 1.54) is 12.3 Å². The van der Waals surface area contributed by atoms with Crippen LogP contribution in [0.2, 0.25) is 0 Å². The number of aromatic nitrogens is 1. The third-order valence-electron chi connectivity index (χ3n) is 2.67. The molecule has 2 aromatic rings. The second kappa shape index (κ2) is 5.92. The molecule has 102 valence electrons. The highest BCUT2D eigenvalue weighted by molar-refractivity contribution is 6.37. The number of hydrogen-bond donors (Lipinski definition) is 1. The van der Waals surface area contributed by atoms with Gasteiger partial charge in [-0.15, -0.1) is 0 Å². The van der Waals surface area contributed by atoms with E-state index < -0.39 is 24.0 Å². The molecule has 2 aromatic heterocycles. The van der Waals surface area contributed by atoms with Gasteiger partial charge in [0.2, 0.25) is 5.78 Å². The van der Waals surface area contributed by atoms with Gasteiger partial charge in [0.15, 0.2) is 5.78 Å². The lowest BCUT2D eigenvalue weighted by Gasteiger charge is -2.01. The van der Waals surface area contributed by atoms with Gasteiger partial charge in [0.25, 0.3) is 0 Å². The van der Waals surface area contributed by atoms with Crippen LogP contribution in [0.15, 0.2) is 41.1 Å². The average Bonchev–Trinajstić information content (AvgIpc) is 2.88. The molecule has 0 saturated carbocycles. The number of pyridine rings is 1. The molecule has 2 rings (SSSR count). The van der Waals surface area contributed by atoms with Crippen molar-refractivity contribution in [2.24, 2.45) is 0 Å². The molecule has 0 aliphatic heterocycles. The number of rotatable bonds is 6. The van der Waals surface area contributed by atoms with Crippen molar-refractivity contribution >= 4 is 17.5 Å². The second-order valence-corrected chi connectivity index (χ2v) is 4.08. The fourth-order valence-corrected chi connectivity index (χ4v) is 1.71. The third kappa shape index (κ3) is 3.17. The summed E-state index contributed by atoms with van der Waals surface area (Å²) in [4.78, 5) is 37.5. The summed E-state index contributed by atoms with van der Waals surface area (Å²) in [6.07, 6.45) is 2.57. The Morgan fingerprint density at radius 3 is 2.65 bits per heavy atom. The molecule has 0 radical (unpaired) electrons. The summed E-state index contributed by atoms with van der Waals surface area (Å²) in [5, 5.41) is 8.50. The lowest BCUT2D eigenvalue weighted by atomic mass is 10.0. The van der Waals surface area contributed by atoms with E-state index >= 15 is 0 Å². The highest BCUT2D eigenvalue weighted by atomic mass is 16.4. The summed E-state index contributed by atoms with van der Waals surface area (Å²) in [6.45, 7) is 0. The molecule has 0 atom stereocenters. The Labute approximate surface area is 114 Å². The molecule has 0 aromatic carbocycles. The molecular weight excluding hydrogens is 262 g/mol. The van der Waals surface area contributed by atoms with Gasteiger partial charge in [-0.05, 0) is 18.2 Å². The van der Waals surface area contributed by atoms with Crippen molar-refractivity contribution in [3.05, 3.63) is 53.7 Å². The summed E-state index contributed by atoms with van der Waals surface area (Å²) < 4.78 is 5.21. The molecule has 2 heterocycles. The molecule has 0 bridgehead atoms. The van der Waals surface area contributed by atoms with E-state index in [2.05, 4.69) is 4.98 Å². The van der Waals surface area contributed by atoms with E-state index in [-0.39, 0.29) is 5.56 Å². The van der Waals surface area contributed by atoms with E-state index in [1.807, 2.05) is 0 Å². The summed E-state index contributed by atoms with van der Waals surface area (Å²) in [7, 11) is 0. The van der Waals surface area contributed by atoms with Crippen LogP contribution in [-0.4, -0.2) is 27.6 Å². The van der Waals surface area contributed by atoms with E-state index in [0.717, 1.165) is 0 Å². The molecule has 6 nitrogen and oxygen atoms in total. The number of hydrogen-bond acceptors (Lipinski definition) is 5. The van der Waals surface area contributed by atoms with Crippen molar-refractivity contribution < 1.29 is 23.9 Å². The summed E-state index contributed by atoms with van der Waals surface area (Å²) in [5.74, 6) is -2.96. The minimum atomic E-state index is -1.62. The maximum Gasteiger partial charge on any atom is 0.372 e. The van der Waals surface area contributed by atoms with Crippen molar-refractivity contribution in [3.63, 3.8) is 0 Å². The molecule has 0 fully saturated rings. The van der Waals surface area contributed by atoms with Crippen molar-refractivity contribution in [1.82, 2.24) is 4.98 Å². The Kier molecular flexibility index (Phi) is 4.05. The Hall–Kier alpha value is -2.76. The van der Waals surface area contributed by atoms with Gasteiger partial charge in [-0.1, -0.05) is 6.07 Å². The van der Waals surface area contributed by atoms with Crippen molar-refractivity contribution in [1.29, 1.82) is 0 Å². The highest BCUT2D eigenvalue weighted by Gasteiger charge is 2.21. The van der Waals surface area contributed by atoms with Crippen LogP contribution in [0.3, 0.4) is 0 Å². The Bertz CT molecular complexity index is 645. The van der Waals surface area contributed by atoms with Crippen LogP contribution in [0, 0.1) is 0 Å². The predicted octanol–water partition coefficient (Wildman–Crippen LogP) is 1.49. The van der Waals surface area contributed by atoms with Gasteiger partial charge < -0.3 is 9.52 Å². The molecule has 6 heteroatoms. The van der Waals surface area contributed by atoms with Crippen LogP contribution >= 0.6 is 0 Å². The maximum atomic E-state index is 11.9. The molecule has 0 aliphatic carbocycles. The van der Waals surface area contributed by atoms with Gasteiger partial charge in [0, 0.05) is 18.3 Å². The van der Waals surface area contributed by atoms with Crippen LogP contribution in [-0.2, 0) is 16.0 Å². The summed E-state index contributed by atoms with van der Waals surface area (Å²) >= 11 is 0. The number of ketones is 2. The maximum absolute atomic E-state index is 11.9. The zero-order valence-corrected chi connectivity index (χ0v) is 10.4. The van der Waals surface area contributed by atoms with Crippen molar-refractivity contribution in [2.75, 3.05) is 0 Å². The van der Waals surface area contributed by atoms with E-state index in [4.69, 9.17) is 9.52 Å². The van der Waals surface area contributed by atoms with Gasteiger partial charge in [0.1, 0.15) is 5.76 Å². The Balaban J connectivity index is 2.14. The lowest BCUT2D eigenvalue weighted by molar-refractivity contribution is -0.148. The van der Waals surface area contributed by atoms with Gasteiger partial charge in [-0.2, -0.15) is 0 Å². The minimum absolute atomic E-state index is 0.213. The standard InChI is InChI=1S/C14H11NO5/c16-11(8-12(17)14(18)19)10-4-6-20-13(10)7-9-3-1-2-5-15-9/h1-6H,7-8H2,(H,18,19). The Morgan fingerprint density at radius 2 is 2.00 bits per heavy atom. The van der Waals surface area contributed by atoms with Crippen LogP contribution in [0.25, 0.3) is 0 Å². The van der Waals surface area contributed by atoms with E-state index in [0.29, 0.717) is 17.9 Å². The number of carboxylic acids is 1. The van der Waals surface area contributed by atoms with Crippen LogP contribution in [0.4, 0.5) is 0 Å². The number of carbonyl (C=O) groups excluding carboxylic acids is 2. The largest absolute Gasteiger partial charge is 0.475 e. The molecule has 0 unspecified atom stereocenters. The smallest absolute Gasteiger partial charge is 0.372 e. The Morgan fingerprint density at radius 1 is 1.20 bits per heavy atom. The fourth-order valence-electron chi connectivity index (χ4n) is 1.71. The zero-order valence-electron chi connectivity index (χ0n) is 10.4. The first kappa shape index (κ1) is 13.7. The number of carbonyl (C=O) groups is 3. The fraction of sp³-hybridized carbons (Fsp3) is 0.143. The van der Waals surface area contributed by atoms with Gasteiger partial charge in [-0.3, -0.25) is 14.6 Å². The molecule has 1 N–H and O–H groups in total. The predicted molar refractivity (Wildman–Crippen MR) is 67.3 cm³/mol. The third-order valence-corrected chi connectivity index (χ3v) is 2.67. The lowest BCUT2D eigenvalue weighted by Crippen LogP contribution is -2.17. The molecule has 0 saturated heterocycles. The average molecular weight is 273 g/mol. The van der Waals surface area contributed by atoms with Gasteiger partial charge in [0.05, 0.1) is 18.2 Å². The monoisotopic (exact) mass is 273 g/mol. The zero-order chi connectivity index (χ0) is 14.5. The molecule has 0 aliphatic rings. The number of carboxylic acid groups (broad SMARTS) is 1. The first-order chi connectivity index (χ1) is 9.58. The van der Waals surface area contributed by atoms with Crippen LogP contribution in [0.5, 0.6) is 0 Å². The summed E-state index contributed by atoms with van der Waals surface area (Å²) in [5.41, 5.74) is 0.923.